The second kappa shape index (κ2) is 20.4. The molecule has 3 aromatic carbocycles. The predicted molar refractivity (Wildman–Crippen MR) is 167 cm³/mol. The van der Waals surface area contributed by atoms with Crippen LogP contribution >= 0.6 is 0 Å². The number of rotatable bonds is 20. The van der Waals surface area contributed by atoms with Crippen LogP contribution < -0.4 is 10.6 Å². The van der Waals surface area contributed by atoms with Crippen molar-refractivity contribution in [2.75, 3.05) is 52.9 Å². The Morgan fingerprint density at radius 3 is 1.24 bits per heavy atom. The number of aliphatic hydroxyl groups excluding tert-OH is 2. The minimum Gasteiger partial charge on any atom is -0.462 e. The lowest BCUT2D eigenvalue weighted by molar-refractivity contribution is -0.148. The molecule has 0 saturated carbocycles. The van der Waals surface area contributed by atoms with Crippen LogP contribution in [0.1, 0.15) is 31.8 Å². The summed E-state index contributed by atoms with van der Waals surface area (Å²) in [5.41, 5.74) is 2.04. The van der Waals surface area contributed by atoms with E-state index in [9.17, 15) is 19.2 Å². The lowest BCUT2D eigenvalue weighted by atomic mass is 10.0. The Bertz CT molecular complexity index is 1250. The first-order chi connectivity index (χ1) is 22.4. The monoisotopic (exact) mass is 636 g/mol. The fourth-order valence-corrected chi connectivity index (χ4v) is 4.28. The third-order valence-electron chi connectivity index (χ3n) is 6.57. The summed E-state index contributed by atoms with van der Waals surface area (Å²) in [7, 11) is 0. The van der Waals surface area contributed by atoms with Gasteiger partial charge in [-0.1, -0.05) is 60.7 Å². The minimum atomic E-state index is -0.991. The van der Waals surface area contributed by atoms with E-state index in [0.717, 1.165) is 11.1 Å². The first-order valence-electron chi connectivity index (χ1n) is 14.9. The lowest BCUT2D eigenvalue weighted by Crippen LogP contribution is -2.44. The molecule has 2 unspecified atom stereocenters. The van der Waals surface area contributed by atoms with E-state index in [1.807, 2.05) is 60.7 Å². The van der Waals surface area contributed by atoms with Crippen molar-refractivity contribution >= 4 is 23.8 Å². The van der Waals surface area contributed by atoms with E-state index in [1.165, 1.54) is 24.3 Å². The summed E-state index contributed by atoms with van der Waals surface area (Å²) in [6, 6.07) is 22.1. The van der Waals surface area contributed by atoms with Crippen LogP contribution in [0.5, 0.6) is 0 Å². The third kappa shape index (κ3) is 12.8. The molecule has 0 bridgehead atoms. The molecule has 0 aliphatic rings. The van der Waals surface area contributed by atoms with Gasteiger partial charge >= 0.3 is 11.9 Å². The molecule has 3 aromatic rings. The Morgan fingerprint density at radius 1 is 0.522 bits per heavy atom. The Kier molecular flexibility index (Phi) is 15.9. The first-order valence-corrected chi connectivity index (χ1v) is 14.9. The topological polar surface area (TPSA) is 170 Å². The van der Waals surface area contributed by atoms with E-state index >= 15 is 0 Å². The summed E-state index contributed by atoms with van der Waals surface area (Å²) < 4.78 is 20.8. The third-order valence-corrected chi connectivity index (χ3v) is 6.57. The quantitative estimate of drug-likeness (QED) is 0.105. The molecule has 0 aromatic heterocycles. The van der Waals surface area contributed by atoms with Crippen LogP contribution in [-0.2, 0) is 41.4 Å². The lowest BCUT2D eigenvalue weighted by Gasteiger charge is -2.19. The first kappa shape index (κ1) is 35.9. The molecule has 2 amide bonds. The Hall–Kier alpha value is -4.62. The second-order valence-corrected chi connectivity index (χ2v) is 10.0. The van der Waals surface area contributed by atoms with Crippen molar-refractivity contribution in [3.63, 3.8) is 0 Å². The van der Waals surface area contributed by atoms with Crippen LogP contribution in [0.25, 0.3) is 0 Å². The predicted octanol–water partition coefficient (Wildman–Crippen LogP) is 1.47. The fourth-order valence-electron chi connectivity index (χ4n) is 4.28. The van der Waals surface area contributed by atoms with Gasteiger partial charge in [0, 0.05) is 24.0 Å². The molecule has 0 aliphatic heterocycles. The largest absolute Gasteiger partial charge is 0.462 e. The number of hydrogen-bond donors (Lipinski definition) is 4. The zero-order valence-electron chi connectivity index (χ0n) is 25.5. The summed E-state index contributed by atoms with van der Waals surface area (Å²) in [4.78, 5) is 51.9. The number of carbonyl (C=O) groups excluding carboxylic acids is 4. The highest BCUT2D eigenvalue weighted by atomic mass is 16.6. The van der Waals surface area contributed by atoms with Gasteiger partial charge in [-0.2, -0.15) is 0 Å². The molecular formula is C34H40N2O10. The molecule has 0 saturated heterocycles. The van der Waals surface area contributed by atoms with E-state index in [1.54, 1.807) is 0 Å². The fraction of sp³-hybridized carbons (Fsp3) is 0.353. The average molecular weight is 637 g/mol. The van der Waals surface area contributed by atoms with Crippen LogP contribution in [0.15, 0.2) is 84.9 Å². The Balaban J connectivity index is 1.64. The van der Waals surface area contributed by atoms with E-state index in [4.69, 9.17) is 29.2 Å². The van der Waals surface area contributed by atoms with Gasteiger partial charge in [-0.3, -0.25) is 9.59 Å². The van der Waals surface area contributed by atoms with E-state index < -0.39 is 35.8 Å². The molecule has 46 heavy (non-hydrogen) atoms. The van der Waals surface area contributed by atoms with Crippen molar-refractivity contribution in [3.05, 3.63) is 107 Å². The van der Waals surface area contributed by atoms with Gasteiger partial charge in [0.05, 0.1) is 39.6 Å². The maximum atomic E-state index is 13.1. The van der Waals surface area contributed by atoms with Gasteiger partial charge in [0.1, 0.15) is 25.3 Å². The summed E-state index contributed by atoms with van der Waals surface area (Å²) in [5, 5.41) is 23.1. The van der Waals surface area contributed by atoms with Crippen LogP contribution in [0, 0.1) is 0 Å². The van der Waals surface area contributed by atoms with Crippen molar-refractivity contribution in [3.8, 4) is 0 Å². The summed E-state index contributed by atoms with van der Waals surface area (Å²) in [5.74, 6) is -2.38. The van der Waals surface area contributed by atoms with Crippen molar-refractivity contribution in [1.29, 1.82) is 0 Å². The second-order valence-electron chi connectivity index (χ2n) is 10.0. The minimum absolute atomic E-state index is 0.0416. The molecule has 2 atom stereocenters. The van der Waals surface area contributed by atoms with Gasteiger partial charge in [0.2, 0.25) is 0 Å². The molecule has 246 valence electrons. The molecule has 12 heteroatoms. The average Bonchev–Trinajstić information content (AvgIpc) is 3.08. The summed E-state index contributed by atoms with van der Waals surface area (Å²) in [6.07, 6.45) is 0.381. The Morgan fingerprint density at radius 2 is 0.891 bits per heavy atom. The van der Waals surface area contributed by atoms with Gasteiger partial charge in [-0.15, -0.1) is 0 Å². The SMILES string of the molecule is O=C(NC(Cc1ccccc1)C(=O)OCCOCCO)c1ccc(C(=O)NC(Cc2ccccc2)C(=O)OCCOCCO)cc1. The number of esters is 2. The van der Waals surface area contributed by atoms with Gasteiger partial charge in [0.15, 0.2) is 0 Å². The summed E-state index contributed by atoms with van der Waals surface area (Å²) in [6.45, 7) is 0.0644. The summed E-state index contributed by atoms with van der Waals surface area (Å²) >= 11 is 0. The molecule has 12 nitrogen and oxygen atoms in total. The van der Waals surface area contributed by atoms with E-state index in [2.05, 4.69) is 10.6 Å². The highest BCUT2D eigenvalue weighted by Gasteiger charge is 2.25. The number of nitrogens with one attached hydrogen (secondary N) is 2. The molecular weight excluding hydrogens is 596 g/mol. The maximum Gasteiger partial charge on any atom is 0.329 e. The highest BCUT2D eigenvalue weighted by Crippen LogP contribution is 2.11. The Labute approximate surface area is 267 Å². The number of benzene rings is 3. The van der Waals surface area contributed by atoms with Crippen molar-refractivity contribution in [1.82, 2.24) is 10.6 Å². The normalized spacial score (nSPS) is 12.0. The molecule has 3 rings (SSSR count). The maximum absolute atomic E-state index is 13.1. The standard InChI is InChI=1S/C34H40N2O10/c37-15-17-43-19-21-45-33(41)29(23-25-7-3-1-4-8-25)35-31(39)27-11-13-28(14-12-27)32(40)36-30(24-26-9-5-2-6-10-26)34(42)46-22-20-44-18-16-38/h1-14,29-30,37-38H,15-24H2,(H,35,39)(H,36,40). The molecule has 0 spiro atoms. The number of carbonyl (C=O) groups is 4. The van der Waals surface area contributed by atoms with Crippen molar-refractivity contribution < 1.29 is 48.3 Å². The van der Waals surface area contributed by atoms with Crippen LogP contribution in [0.4, 0.5) is 0 Å². The van der Waals surface area contributed by atoms with Gasteiger partial charge in [-0.25, -0.2) is 9.59 Å². The smallest absolute Gasteiger partial charge is 0.329 e. The van der Waals surface area contributed by atoms with Crippen LogP contribution in [0.2, 0.25) is 0 Å². The van der Waals surface area contributed by atoms with Crippen LogP contribution in [-0.4, -0.2) is 98.9 Å². The number of hydrogen-bond acceptors (Lipinski definition) is 10. The molecule has 4 N–H and O–H groups in total. The highest BCUT2D eigenvalue weighted by molar-refractivity contribution is 6.00. The van der Waals surface area contributed by atoms with Crippen molar-refractivity contribution in [2.45, 2.75) is 24.9 Å². The number of ether oxygens (including phenoxy) is 4. The van der Waals surface area contributed by atoms with Gasteiger partial charge < -0.3 is 39.8 Å². The number of aliphatic hydroxyl groups is 2. The van der Waals surface area contributed by atoms with Gasteiger partial charge in [0.25, 0.3) is 11.8 Å². The van der Waals surface area contributed by atoms with E-state index in [0.29, 0.717) is 0 Å². The van der Waals surface area contributed by atoms with Crippen molar-refractivity contribution in [2.24, 2.45) is 0 Å². The zero-order chi connectivity index (χ0) is 33.0. The molecule has 0 aliphatic carbocycles. The molecule has 0 fully saturated rings. The molecule has 0 heterocycles. The number of amides is 2. The molecule has 0 radical (unpaired) electrons. The van der Waals surface area contributed by atoms with Crippen LogP contribution in [0.3, 0.4) is 0 Å². The van der Waals surface area contributed by atoms with Gasteiger partial charge in [-0.05, 0) is 35.4 Å². The zero-order valence-corrected chi connectivity index (χ0v) is 25.5. The van der Waals surface area contributed by atoms with E-state index in [-0.39, 0.29) is 76.8 Å².